The van der Waals surface area contributed by atoms with Gasteiger partial charge in [0, 0.05) is 0 Å². The number of amides is 2. The molecule has 0 saturated carbocycles. The Bertz CT molecular complexity index is 533. The monoisotopic (exact) mass is 190 g/mol. The highest BCUT2D eigenvalue weighted by atomic mass is 16.4. The number of nitrogens with zero attached hydrogens (tertiary/aromatic N) is 2. The largest absolute Gasteiger partial charge is 0.481 e. The Morgan fingerprint density at radius 1 is 1.36 bits per heavy atom. The number of urea groups is 1. The van der Waals surface area contributed by atoms with E-state index in [0.717, 1.165) is 0 Å². The Balaban J connectivity index is 2.62. The van der Waals surface area contributed by atoms with Crippen molar-refractivity contribution in [1.29, 1.82) is 0 Å². The van der Waals surface area contributed by atoms with Crippen molar-refractivity contribution in [3.05, 3.63) is 34.5 Å². The minimum atomic E-state index is -0.951. The molecule has 5 heteroatoms. The zero-order chi connectivity index (χ0) is 10.1. The first-order valence-corrected chi connectivity index (χ1v) is 3.98. The molecule has 0 radical (unpaired) electrons. The van der Waals surface area contributed by atoms with Crippen molar-refractivity contribution in [2.24, 2.45) is 9.98 Å². The molecule has 0 unspecified atom stereocenters. The summed E-state index contributed by atoms with van der Waals surface area (Å²) in [5.41, 5.74) is 0.518. The van der Waals surface area contributed by atoms with Crippen molar-refractivity contribution in [2.45, 2.75) is 6.42 Å². The fraction of sp³-hybridized carbons (Fsp3) is 0.111. The van der Waals surface area contributed by atoms with Crippen LogP contribution in [-0.4, -0.2) is 17.1 Å². The second-order valence-corrected chi connectivity index (χ2v) is 2.86. The standard InChI is InChI=1S/C9H6N2O3/c12-7(13)4-5-2-1-3-6-8(5)11-9(14)10-6/h1-3H,4H2,(H,12,13). The quantitative estimate of drug-likeness (QED) is 0.694. The topological polar surface area (TPSA) is 79.1 Å². The molecule has 5 nitrogen and oxygen atoms in total. The van der Waals surface area contributed by atoms with Gasteiger partial charge in [0.15, 0.2) is 0 Å². The molecule has 0 spiro atoms. The van der Waals surface area contributed by atoms with Crippen molar-refractivity contribution in [1.82, 2.24) is 0 Å². The summed E-state index contributed by atoms with van der Waals surface area (Å²) in [5.74, 6) is -0.951. The molecule has 14 heavy (non-hydrogen) atoms. The van der Waals surface area contributed by atoms with E-state index in [9.17, 15) is 9.59 Å². The first kappa shape index (κ1) is 8.55. The molecule has 1 heterocycles. The maximum Gasteiger partial charge on any atom is 0.368 e. The van der Waals surface area contributed by atoms with Gasteiger partial charge in [0.2, 0.25) is 0 Å². The number of carbonyl (C=O) groups excluding carboxylic acids is 1. The summed E-state index contributed by atoms with van der Waals surface area (Å²) >= 11 is 0. The summed E-state index contributed by atoms with van der Waals surface area (Å²) in [6, 6.07) is 4.35. The summed E-state index contributed by atoms with van der Waals surface area (Å²) in [7, 11) is 0. The van der Waals surface area contributed by atoms with E-state index in [2.05, 4.69) is 9.98 Å². The molecule has 1 aromatic rings. The lowest BCUT2D eigenvalue weighted by molar-refractivity contribution is -0.136. The molecule has 1 N–H and O–H groups in total. The molecule has 2 amide bonds. The van der Waals surface area contributed by atoms with Crippen LogP contribution in [0, 0.1) is 0 Å². The van der Waals surface area contributed by atoms with Crippen LogP contribution in [0.15, 0.2) is 28.2 Å². The van der Waals surface area contributed by atoms with E-state index in [-0.39, 0.29) is 6.42 Å². The molecule has 0 saturated heterocycles. The van der Waals surface area contributed by atoms with Gasteiger partial charge in [-0.3, -0.25) is 4.79 Å². The molecular weight excluding hydrogens is 184 g/mol. The maximum absolute atomic E-state index is 10.9. The number of benzene rings is 1. The fourth-order valence-corrected chi connectivity index (χ4v) is 1.33. The number of hydrogen-bond donors (Lipinski definition) is 1. The van der Waals surface area contributed by atoms with Crippen LogP contribution in [0.5, 0.6) is 0 Å². The number of hydrogen-bond acceptors (Lipinski definition) is 2. The van der Waals surface area contributed by atoms with Gasteiger partial charge in [-0.05, 0) is 11.6 Å². The number of carboxylic acid groups (broad SMARTS) is 1. The van der Waals surface area contributed by atoms with E-state index < -0.39 is 12.0 Å². The lowest BCUT2D eigenvalue weighted by atomic mass is 10.1. The van der Waals surface area contributed by atoms with Crippen LogP contribution in [0.4, 0.5) is 4.79 Å². The number of rotatable bonds is 2. The zero-order valence-corrected chi connectivity index (χ0v) is 7.10. The Labute approximate surface area is 78.4 Å². The van der Waals surface area contributed by atoms with E-state index >= 15 is 0 Å². The van der Waals surface area contributed by atoms with Gasteiger partial charge >= 0.3 is 12.0 Å². The van der Waals surface area contributed by atoms with Gasteiger partial charge in [0.05, 0.1) is 17.1 Å². The molecule has 0 fully saturated rings. The lowest BCUT2D eigenvalue weighted by Gasteiger charge is -1.94. The number of fused-ring (bicyclic) bond motifs is 1. The maximum atomic E-state index is 10.9. The second-order valence-electron chi connectivity index (χ2n) is 2.86. The average Bonchev–Trinajstić information content (AvgIpc) is 2.45. The molecule has 0 bridgehead atoms. The third kappa shape index (κ3) is 1.39. The highest BCUT2D eigenvalue weighted by molar-refractivity contribution is 5.78. The Morgan fingerprint density at radius 3 is 2.86 bits per heavy atom. The first-order valence-electron chi connectivity index (χ1n) is 3.98. The molecule has 0 aliphatic carbocycles. The summed E-state index contributed by atoms with van der Waals surface area (Å²) < 4.78 is 0. The Hall–Kier alpha value is -2.04. The Morgan fingerprint density at radius 2 is 2.14 bits per heavy atom. The molecule has 2 rings (SSSR count). The van der Waals surface area contributed by atoms with Gasteiger partial charge < -0.3 is 5.11 Å². The zero-order valence-electron chi connectivity index (χ0n) is 7.10. The predicted molar refractivity (Wildman–Crippen MR) is 45.5 cm³/mol. The Kier molecular flexibility index (Phi) is 1.85. The van der Waals surface area contributed by atoms with Gasteiger partial charge in [-0.2, -0.15) is 9.98 Å². The van der Waals surface area contributed by atoms with Crippen LogP contribution < -0.4 is 10.7 Å². The van der Waals surface area contributed by atoms with Crippen LogP contribution in [0.2, 0.25) is 0 Å². The van der Waals surface area contributed by atoms with E-state index in [0.29, 0.717) is 16.3 Å². The third-order valence-corrected chi connectivity index (χ3v) is 1.86. The predicted octanol–water partition coefficient (Wildman–Crippen LogP) is -0.313. The summed E-state index contributed by atoms with van der Waals surface area (Å²) in [6.07, 6.45) is -0.143. The smallest absolute Gasteiger partial charge is 0.368 e. The van der Waals surface area contributed by atoms with Gasteiger partial charge in [0.1, 0.15) is 0 Å². The lowest BCUT2D eigenvalue weighted by Crippen LogP contribution is -2.27. The summed E-state index contributed by atoms with van der Waals surface area (Å²) in [6.45, 7) is 0. The second kappa shape index (κ2) is 3.02. The van der Waals surface area contributed by atoms with Crippen LogP contribution in [0.1, 0.15) is 5.56 Å². The number of carbonyl (C=O) groups is 2. The van der Waals surface area contributed by atoms with Gasteiger partial charge in [-0.1, -0.05) is 12.1 Å². The van der Waals surface area contributed by atoms with E-state index in [1.54, 1.807) is 18.2 Å². The minimum absolute atomic E-state index is 0.143. The normalized spacial score (nSPS) is 13.0. The first-order chi connectivity index (χ1) is 6.66. The summed E-state index contributed by atoms with van der Waals surface area (Å²) in [5, 5.41) is 9.45. The molecule has 1 aliphatic heterocycles. The minimum Gasteiger partial charge on any atom is -0.481 e. The van der Waals surface area contributed by atoms with Crippen LogP contribution >= 0.6 is 0 Å². The SMILES string of the molecule is O=C(O)Cc1cccc2c1=NC(=O)N=2. The van der Waals surface area contributed by atoms with Crippen LogP contribution in [0.3, 0.4) is 0 Å². The highest BCUT2D eigenvalue weighted by Crippen LogP contribution is 1.94. The van der Waals surface area contributed by atoms with E-state index in [4.69, 9.17) is 5.11 Å². The number of carboxylic acids is 1. The van der Waals surface area contributed by atoms with E-state index in [1.165, 1.54) is 0 Å². The van der Waals surface area contributed by atoms with Crippen molar-refractivity contribution < 1.29 is 14.7 Å². The van der Waals surface area contributed by atoms with Crippen molar-refractivity contribution >= 4 is 12.0 Å². The van der Waals surface area contributed by atoms with Crippen molar-refractivity contribution in [3.8, 4) is 0 Å². The molecule has 70 valence electrons. The van der Waals surface area contributed by atoms with Gasteiger partial charge in [-0.15, -0.1) is 0 Å². The van der Waals surface area contributed by atoms with Crippen LogP contribution in [0.25, 0.3) is 0 Å². The van der Waals surface area contributed by atoms with Gasteiger partial charge in [0.25, 0.3) is 0 Å². The molecule has 1 aromatic carbocycles. The molecule has 1 aliphatic rings. The third-order valence-electron chi connectivity index (χ3n) is 1.86. The number of para-hydroxylation sites is 1. The van der Waals surface area contributed by atoms with Crippen molar-refractivity contribution in [2.75, 3.05) is 0 Å². The van der Waals surface area contributed by atoms with Crippen molar-refractivity contribution in [3.63, 3.8) is 0 Å². The molecular formula is C9H6N2O3. The van der Waals surface area contributed by atoms with E-state index in [1.807, 2.05) is 0 Å². The summed E-state index contributed by atoms with van der Waals surface area (Å²) in [4.78, 5) is 28.6. The highest BCUT2D eigenvalue weighted by Gasteiger charge is 2.10. The fourth-order valence-electron chi connectivity index (χ4n) is 1.33. The number of aliphatic carboxylic acids is 1. The molecule has 0 aromatic heterocycles. The van der Waals surface area contributed by atoms with Crippen LogP contribution in [-0.2, 0) is 11.2 Å². The average molecular weight is 190 g/mol. The molecule has 0 atom stereocenters. The van der Waals surface area contributed by atoms with Gasteiger partial charge in [-0.25, -0.2) is 4.79 Å².